The molecule has 1 aliphatic rings. The van der Waals surface area contributed by atoms with Crippen LogP contribution in [-0.2, 0) is 9.53 Å². The second-order valence-corrected chi connectivity index (χ2v) is 3.58. The average molecular weight is 234 g/mol. The third-order valence-corrected chi connectivity index (χ3v) is 2.57. The van der Waals surface area contributed by atoms with Crippen LogP contribution in [0, 0.1) is 0 Å². The van der Waals surface area contributed by atoms with Gasteiger partial charge in [0.2, 0.25) is 0 Å². The van der Waals surface area contributed by atoms with Crippen LogP contribution >= 0.6 is 0 Å². The summed E-state index contributed by atoms with van der Waals surface area (Å²) < 4.78 is 9.79. The highest BCUT2D eigenvalue weighted by atomic mass is 16.5. The SMILES string of the molecule is COc1ccc(C2=C(B(O)O)COC2=O)cc1. The van der Waals surface area contributed by atoms with Crippen molar-refractivity contribution in [1.82, 2.24) is 0 Å². The molecule has 0 aliphatic carbocycles. The van der Waals surface area contributed by atoms with E-state index in [1.807, 2.05) is 0 Å². The first-order valence-corrected chi connectivity index (χ1v) is 5.04. The second-order valence-electron chi connectivity index (χ2n) is 3.58. The van der Waals surface area contributed by atoms with E-state index in [9.17, 15) is 4.79 Å². The molecule has 0 aromatic heterocycles. The topological polar surface area (TPSA) is 76.0 Å². The fourth-order valence-corrected chi connectivity index (χ4v) is 1.68. The molecule has 2 N–H and O–H groups in total. The predicted octanol–water partition coefficient (Wildman–Crippen LogP) is 0.0176. The highest BCUT2D eigenvalue weighted by Crippen LogP contribution is 2.27. The quantitative estimate of drug-likeness (QED) is 0.569. The molecule has 1 aromatic rings. The van der Waals surface area contributed by atoms with Gasteiger partial charge in [0.15, 0.2) is 0 Å². The summed E-state index contributed by atoms with van der Waals surface area (Å²) >= 11 is 0. The number of carbonyl (C=O) groups excluding carboxylic acids is 1. The zero-order valence-electron chi connectivity index (χ0n) is 9.21. The molecule has 17 heavy (non-hydrogen) atoms. The van der Waals surface area contributed by atoms with Gasteiger partial charge < -0.3 is 19.5 Å². The third-order valence-electron chi connectivity index (χ3n) is 2.57. The minimum atomic E-state index is -1.68. The maximum Gasteiger partial charge on any atom is 0.488 e. The molecule has 5 nitrogen and oxygen atoms in total. The fraction of sp³-hybridized carbons (Fsp3) is 0.182. The first-order valence-electron chi connectivity index (χ1n) is 5.04. The second kappa shape index (κ2) is 4.61. The molecular weight excluding hydrogens is 223 g/mol. The zero-order chi connectivity index (χ0) is 12.4. The number of cyclic esters (lactones) is 1. The molecule has 0 amide bonds. The van der Waals surface area contributed by atoms with Gasteiger partial charge in [-0.2, -0.15) is 0 Å². The van der Waals surface area contributed by atoms with Crippen molar-refractivity contribution in [2.75, 3.05) is 13.7 Å². The molecule has 0 radical (unpaired) electrons. The number of ether oxygens (including phenoxy) is 2. The van der Waals surface area contributed by atoms with Gasteiger partial charge in [-0.25, -0.2) is 4.79 Å². The minimum Gasteiger partial charge on any atom is -0.497 e. The molecule has 1 aliphatic heterocycles. The molecule has 1 heterocycles. The molecule has 0 unspecified atom stereocenters. The Morgan fingerprint density at radius 2 is 1.94 bits per heavy atom. The van der Waals surface area contributed by atoms with E-state index in [0.717, 1.165) is 0 Å². The van der Waals surface area contributed by atoms with Crippen molar-refractivity contribution in [3.8, 4) is 5.75 Å². The summed E-state index contributed by atoms with van der Waals surface area (Å²) in [5.41, 5.74) is 0.971. The maximum atomic E-state index is 11.5. The lowest BCUT2D eigenvalue weighted by Gasteiger charge is -2.04. The highest BCUT2D eigenvalue weighted by molar-refractivity contribution is 6.55. The Morgan fingerprint density at radius 3 is 2.47 bits per heavy atom. The van der Waals surface area contributed by atoms with Crippen molar-refractivity contribution < 1.29 is 24.3 Å². The van der Waals surface area contributed by atoms with Gasteiger partial charge in [-0.05, 0) is 17.7 Å². The average Bonchev–Trinajstić information content (AvgIpc) is 2.71. The summed E-state index contributed by atoms with van der Waals surface area (Å²) in [6, 6.07) is 6.72. The van der Waals surface area contributed by atoms with Crippen LogP contribution in [0.25, 0.3) is 5.57 Å². The van der Waals surface area contributed by atoms with Crippen LogP contribution in [0.5, 0.6) is 5.75 Å². The molecule has 6 heteroatoms. The Bertz CT molecular complexity index is 463. The largest absolute Gasteiger partial charge is 0.497 e. The zero-order valence-corrected chi connectivity index (χ0v) is 9.21. The van der Waals surface area contributed by atoms with Gasteiger partial charge in [0.25, 0.3) is 0 Å². The standard InChI is InChI=1S/C11H11BO5/c1-16-8-4-2-7(3-5-8)10-9(12(14)15)6-17-11(10)13/h2-5,14-15H,6H2,1H3. The van der Waals surface area contributed by atoms with Crippen molar-refractivity contribution in [2.24, 2.45) is 0 Å². The van der Waals surface area contributed by atoms with E-state index in [4.69, 9.17) is 19.5 Å². The van der Waals surface area contributed by atoms with Crippen molar-refractivity contribution in [3.63, 3.8) is 0 Å². The lowest BCUT2D eigenvalue weighted by atomic mass is 9.76. The third kappa shape index (κ3) is 2.18. The summed E-state index contributed by atoms with van der Waals surface area (Å²) in [6.07, 6.45) is 0. The monoisotopic (exact) mass is 234 g/mol. The number of hydrogen-bond donors (Lipinski definition) is 2. The summed E-state index contributed by atoms with van der Waals surface area (Å²) in [5, 5.41) is 18.3. The molecule has 0 atom stereocenters. The van der Waals surface area contributed by atoms with Gasteiger partial charge in [-0.1, -0.05) is 12.1 Å². The Labute approximate surface area is 98.4 Å². The number of rotatable bonds is 3. The van der Waals surface area contributed by atoms with E-state index in [1.165, 1.54) is 0 Å². The smallest absolute Gasteiger partial charge is 0.488 e. The molecule has 0 bridgehead atoms. The van der Waals surface area contributed by atoms with Gasteiger partial charge >= 0.3 is 13.1 Å². The minimum absolute atomic E-state index is 0.0855. The van der Waals surface area contributed by atoms with Gasteiger partial charge in [0.05, 0.1) is 12.7 Å². The van der Waals surface area contributed by atoms with Crippen LogP contribution in [-0.4, -0.2) is 36.9 Å². The normalized spacial score (nSPS) is 14.9. The molecule has 0 fully saturated rings. The first-order chi connectivity index (χ1) is 8.13. The number of hydrogen-bond acceptors (Lipinski definition) is 5. The number of carbonyl (C=O) groups is 1. The maximum absolute atomic E-state index is 11.5. The molecule has 2 rings (SSSR count). The van der Waals surface area contributed by atoms with Crippen molar-refractivity contribution in [3.05, 3.63) is 35.3 Å². The lowest BCUT2D eigenvalue weighted by molar-refractivity contribution is -0.134. The van der Waals surface area contributed by atoms with Gasteiger partial charge in [-0.3, -0.25) is 0 Å². The first kappa shape index (κ1) is 11.7. The van der Waals surface area contributed by atoms with Crippen molar-refractivity contribution >= 4 is 18.7 Å². The van der Waals surface area contributed by atoms with E-state index in [-0.39, 0.29) is 17.7 Å². The number of benzene rings is 1. The van der Waals surface area contributed by atoms with Crippen LogP contribution in [0.3, 0.4) is 0 Å². The van der Waals surface area contributed by atoms with E-state index in [1.54, 1.807) is 31.4 Å². The van der Waals surface area contributed by atoms with Crippen LogP contribution in [0.1, 0.15) is 5.56 Å². The van der Waals surface area contributed by atoms with Crippen LogP contribution in [0.15, 0.2) is 29.7 Å². The van der Waals surface area contributed by atoms with E-state index >= 15 is 0 Å². The molecule has 88 valence electrons. The van der Waals surface area contributed by atoms with E-state index in [2.05, 4.69) is 0 Å². The van der Waals surface area contributed by atoms with Gasteiger partial charge in [0, 0.05) is 5.47 Å². The lowest BCUT2D eigenvalue weighted by Crippen LogP contribution is -2.17. The fourth-order valence-electron chi connectivity index (χ4n) is 1.68. The molecule has 0 saturated carbocycles. The van der Waals surface area contributed by atoms with Crippen molar-refractivity contribution in [2.45, 2.75) is 0 Å². The Morgan fingerprint density at radius 1 is 1.29 bits per heavy atom. The van der Waals surface area contributed by atoms with Gasteiger partial charge in [-0.15, -0.1) is 0 Å². The Balaban J connectivity index is 2.42. The summed E-state index contributed by atoms with van der Waals surface area (Å²) in [7, 11) is -0.139. The van der Waals surface area contributed by atoms with E-state index in [0.29, 0.717) is 11.3 Å². The highest BCUT2D eigenvalue weighted by Gasteiger charge is 2.32. The molecule has 1 aromatic carbocycles. The molecular formula is C11H11BO5. The Kier molecular flexibility index (Phi) is 3.17. The number of methoxy groups -OCH3 is 1. The summed E-state index contributed by atoms with van der Waals surface area (Å²) in [4.78, 5) is 11.5. The summed E-state index contributed by atoms with van der Waals surface area (Å²) in [6.45, 7) is -0.0855. The summed E-state index contributed by atoms with van der Waals surface area (Å²) in [5.74, 6) is 0.116. The predicted molar refractivity (Wildman–Crippen MR) is 61.1 cm³/mol. The molecule has 0 spiro atoms. The van der Waals surface area contributed by atoms with Crippen LogP contribution < -0.4 is 4.74 Å². The Hall–Kier alpha value is -1.79. The van der Waals surface area contributed by atoms with Gasteiger partial charge in [0.1, 0.15) is 12.4 Å². The van der Waals surface area contributed by atoms with Crippen molar-refractivity contribution in [1.29, 1.82) is 0 Å². The van der Waals surface area contributed by atoms with Crippen LogP contribution in [0.2, 0.25) is 0 Å². The molecule has 0 saturated heterocycles. The van der Waals surface area contributed by atoms with Crippen LogP contribution in [0.4, 0.5) is 0 Å². The number of esters is 1. The van der Waals surface area contributed by atoms with E-state index < -0.39 is 13.1 Å².